The second-order valence-corrected chi connectivity index (χ2v) is 9.40. The molecule has 1 heterocycles. The molecule has 2 aromatic rings. The number of carbonyl (C=O) groups is 2. The predicted molar refractivity (Wildman–Crippen MR) is 118 cm³/mol. The summed E-state index contributed by atoms with van der Waals surface area (Å²) in [7, 11) is -3.92. The molecule has 0 aliphatic carbocycles. The maximum absolute atomic E-state index is 13.2. The number of hydrogen-bond donors (Lipinski definition) is 2. The van der Waals surface area contributed by atoms with Crippen molar-refractivity contribution >= 4 is 21.9 Å². The topological polar surface area (TPSA) is 107 Å². The predicted octanol–water partition coefficient (Wildman–Crippen LogP) is 2.12. The summed E-state index contributed by atoms with van der Waals surface area (Å²) >= 11 is 0. The third kappa shape index (κ3) is 8.92. The molecule has 0 aromatic heterocycles. The number of hydrogen-bond acceptors (Lipinski definition) is 5. The molecule has 1 aliphatic heterocycles. The summed E-state index contributed by atoms with van der Waals surface area (Å²) in [4.78, 5) is 23.2. The lowest BCUT2D eigenvalue weighted by Crippen LogP contribution is -2.50. The molecule has 0 bridgehead atoms. The molecule has 0 atom stereocenters. The largest absolute Gasteiger partial charge is 0.490 e. The molecule has 2 aromatic carbocycles. The molecule has 13 heteroatoms. The van der Waals surface area contributed by atoms with Crippen molar-refractivity contribution in [2.24, 2.45) is 0 Å². The third-order valence-electron chi connectivity index (χ3n) is 4.97. The molecule has 1 amide bonds. The Labute approximate surface area is 200 Å². The number of carbonyl (C=O) groups excluding carboxylic acids is 1. The highest BCUT2D eigenvalue weighted by atomic mass is 32.2. The van der Waals surface area contributed by atoms with E-state index in [9.17, 15) is 30.8 Å². The quantitative estimate of drug-likeness (QED) is 0.543. The Morgan fingerprint density at radius 1 is 1.00 bits per heavy atom. The number of nitrogens with one attached hydrogen (secondary N) is 1. The van der Waals surface area contributed by atoms with E-state index in [1.54, 1.807) is 4.90 Å². The molecule has 1 saturated heterocycles. The Morgan fingerprint density at radius 2 is 1.54 bits per heavy atom. The summed E-state index contributed by atoms with van der Waals surface area (Å²) < 4.78 is 72.4. The van der Waals surface area contributed by atoms with Gasteiger partial charge in [0, 0.05) is 32.7 Å². The highest BCUT2D eigenvalue weighted by Gasteiger charge is 2.38. The number of amides is 1. The van der Waals surface area contributed by atoms with Crippen molar-refractivity contribution < 1.29 is 40.7 Å². The van der Waals surface area contributed by atoms with Gasteiger partial charge in [-0.05, 0) is 36.2 Å². The number of benzene rings is 2. The van der Waals surface area contributed by atoms with Crippen LogP contribution in [0.4, 0.5) is 17.6 Å². The maximum Gasteiger partial charge on any atom is 0.490 e. The van der Waals surface area contributed by atoms with Crippen molar-refractivity contribution in [2.75, 3.05) is 39.3 Å². The van der Waals surface area contributed by atoms with Gasteiger partial charge < -0.3 is 15.3 Å². The first-order chi connectivity index (χ1) is 16.4. The highest BCUT2D eigenvalue weighted by molar-refractivity contribution is 7.89. The van der Waals surface area contributed by atoms with Gasteiger partial charge in [0.1, 0.15) is 5.82 Å². The number of halogens is 4. The summed E-state index contributed by atoms with van der Waals surface area (Å²) in [6.07, 6.45) is -4.60. The van der Waals surface area contributed by atoms with E-state index in [1.807, 2.05) is 30.3 Å². The Morgan fingerprint density at radius 3 is 2.06 bits per heavy atom. The number of piperazine rings is 1. The average molecular weight is 520 g/mol. The van der Waals surface area contributed by atoms with Crippen LogP contribution >= 0.6 is 0 Å². The van der Waals surface area contributed by atoms with Crippen LogP contribution in [0.15, 0.2) is 59.5 Å². The molecular formula is C22H25F4N3O5S. The van der Waals surface area contributed by atoms with Crippen LogP contribution in [0, 0.1) is 5.82 Å². The van der Waals surface area contributed by atoms with Crippen LogP contribution in [0.1, 0.15) is 5.56 Å². The van der Waals surface area contributed by atoms with Gasteiger partial charge >= 0.3 is 12.1 Å². The molecule has 2 N–H and O–H groups in total. The van der Waals surface area contributed by atoms with Crippen molar-refractivity contribution in [1.29, 1.82) is 0 Å². The SMILES string of the molecule is O=C(CN(CCc1ccccc1)S(=O)(=O)c1ccc(F)cc1)N1CCNCC1.O=C(O)C(F)(F)F. The molecule has 3 rings (SSSR count). The number of aliphatic carboxylic acids is 1. The van der Waals surface area contributed by atoms with Crippen LogP contribution in [0.25, 0.3) is 0 Å². The molecule has 192 valence electrons. The van der Waals surface area contributed by atoms with E-state index < -0.39 is 28.0 Å². The van der Waals surface area contributed by atoms with E-state index in [1.165, 1.54) is 16.4 Å². The Hall–Kier alpha value is -3.03. The lowest BCUT2D eigenvalue weighted by atomic mass is 10.1. The number of carboxylic acids is 1. The first-order valence-electron chi connectivity index (χ1n) is 10.5. The third-order valence-corrected chi connectivity index (χ3v) is 6.83. The van der Waals surface area contributed by atoms with Crippen molar-refractivity contribution in [3.63, 3.8) is 0 Å². The van der Waals surface area contributed by atoms with E-state index in [0.717, 1.165) is 17.7 Å². The number of rotatable bonds is 7. The van der Waals surface area contributed by atoms with Gasteiger partial charge in [-0.25, -0.2) is 17.6 Å². The zero-order valence-electron chi connectivity index (χ0n) is 18.5. The van der Waals surface area contributed by atoms with Gasteiger partial charge in [0.15, 0.2) is 0 Å². The lowest BCUT2D eigenvalue weighted by molar-refractivity contribution is -0.192. The minimum absolute atomic E-state index is 0.0185. The molecule has 0 spiro atoms. The van der Waals surface area contributed by atoms with Crippen LogP contribution in [-0.2, 0) is 26.0 Å². The van der Waals surface area contributed by atoms with E-state index in [0.29, 0.717) is 32.6 Å². The molecule has 0 unspecified atom stereocenters. The smallest absolute Gasteiger partial charge is 0.475 e. The Balaban J connectivity index is 0.000000540. The van der Waals surface area contributed by atoms with Gasteiger partial charge in [0.25, 0.3) is 0 Å². The summed E-state index contributed by atoms with van der Waals surface area (Å²) in [5.41, 5.74) is 0.983. The normalized spacial score (nSPS) is 14.3. The zero-order chi connectivity index (χ0) is 26.1. The minimum Gasteiger partial charge on any atom is -0.475 e. The first-order valence-corrected chi connectivity index (χ1v) is 11.9. The lowest BCUT2D eigenvalue weighted by Gasteiger charge is -2.30. The number of carboxylic acid groups (broad SMARTS) is 1. The molecule has 1 fully saturated rings. The van der Waals surface area contributed by atoms with Crippen molar-refractivity contribution in [2.45, 2.75) is 17.5 Å². The zero-order valence-corrected chi connectivity index (χ0v) is 19.4. The number of sulfonamides is 1. The van der Waals surface area contributed by atoms with Gasteiger partial charge in [-0.1, -0.05) is 30.3 Å². The van der Waals surface area contributed by atoms with E-state index in [2.05, 4.69) is 5.32 Å². The Bertz CT molecular complexity index is 1070. The molecule has 8 nitrogen and oxygen atoms in total. The second-order valence-electron chi connectivity index (χ2n) is 7.46. The summed E-state index contributed by atoms with van der Waals surface area (Å²) in [5, 5.41) is 10.3. The van der Waals surface area contributed by atoms with Gasteiger partial charge in [0.05, 0.1) is 11.4 Å². The first kappa shape index (κ1) is 28.2. The van der Waals surface area contributed by atoms with Crippen LogP contribution in [0.3, 0.4) is 0 Å². The van der Waals surface area contributed by atoms with E-state index in [4.69, 9.17) is 9.90 Å². The van der Waals surface area contributed by atoms with E-state index >= 15 is 0 Å². The van der Waals surface area contributed by atoms with Gasteiger partial charge in [-0.2, -0.15) is 17.5 Å². The molecule has 0 radical (unpaired) electrons. The highest BCUT2D eigenvalue weighted by Crippen LogP contribution is 2.18. The van der Waals surface area contributed by atoms with Crippen LogP contribution in [0.5, 0.6) is 0 Å². The van der Waals surface area contributed by atoms with Crippen LogP contribution in [0.2, 0.25) is 0 Å². The van der Waals surface area contributed by atoms with E-state index in [-0.39, 0.29) is 23.9 Å². The van der Waals surface area contributed by atoms with Crippen LogP contribution < -0.4 is 5.32 Å². The van der Waals surface area contributed by atoms with Gasteiger partial charge in [-0.15, -0.1) is 0 Å². The van der Waals surface area contributed by atoms with Crippen molar-refractivity contribution in [3.8, 4) is 0 Å². The fourth-order valence-electron chi connectivity index (χ4n) is 3.10. The average Bonchev–Trinajstić information content (AvgIpc) is 2.82. The number of nitrogens with zero attached hydrogens (tertiary/aromatic N) is 2. The summed E-state index contributed by atoms with van der Waals surface area (Å²) in [5.74, 6) is -3.49. The van der Waals surface area contributed by atoms with Crippen LogP contribution in [-0.4, -0.2) is 80.1 Å². The van der Waals surface area contributed by atoms with Crippen molar-refractivity contribution in [1.82, 2.24) is 14.5 Å². The minimum atomic E-state index is -5.08. The molecule has 0 saturated carbocycles. The standard InChI is InChI=1S/C20H24FN3O3S.C2HF3O2/c21-18-6-8-19(9-7-18)28(26,27)24(13-10-17-4-2-1-3-5-17)16-20(25)23-14-11-22-12-15-23;3-2(4,5)1(6)7/h1-9,22H,10-16H2;(H,6,7). The van der Waals surface area contributed by atoms with Crippen molar-refractivity contribution in [3.05, 3.63) is 66.0 Å². The molecule has 1 aliphatic rings. The van der Waals surface area contributed by atoms with Gasteiger partial charge in [-0.3, -0.25) is 4.79 Å². The summed E-state index contributed by atoms with van der Waals surface area (Å²) in [6, 6.07) is 14.2. The molecule has 35 heavy (non-hydrogen) atoms. The number of alkyl halides is 3. The maximum atomic E-state index is 13.2. The molecular weight excluding hydrogens is 494 g/mol. The summed E-state index contributed by atoms with van der Waals surface area (Å²) in [6.45, 7) is 2.44. The monoisotopic (exact) mass is 519 g/mol. The fourth-order valence-corrected chi connectivity index (χ4v) is 4.49. The second kappa shape index (κ2) is 12.6. The fraction of sp³-hybridized carbons (Fsp3) is 0.364. The van der Waals surface area contributed by atoms with Gasteiger partial charge in [0.2, 0.25) is 15.9 Å². The Kier molecular flexibility index (Phi) is 10.2.